The molecule has 4 heteroatoms. The second-order valence-corrected chi connectivity index (χ2v) is 4.07. The summed E-state index contributed by atoms with van der Waals surface area (Å²) in [6.07, 6.45) is 2.39. The lowest BCUT2D eigenvalue weighted by Crippen LogP contribution is -2.16. The lowest BCUT2D eigenvalue weighted by Gasteiger charge is -2.07. The molecule has 0 atom stereocenters. The van der Waals surface area contributed by atoms with Gasteiger partial charge in [-0.1, -0.05) is 41.9 Å². The average molecular weight is 260 g/mol. The van der Waals surface area contributed by atoms with Gasteiger partial charge in [0, 0.05) is 6.54 Å². The van der Waals surface area contributed by atoms with Gasteiger partial charge in [-0.15, -0.1) is 0 Å². The Morgan fingerprint density at radius 3 is 2.94 bits per heavy atom. The molecule has 1 aromatic rings. The van der Waals surface area contributed by atoms with Crippen molar-refractivity contribution in [3.05, 3.63) is 46.6 Å². The lowest BCUT2D eigenvalue weighted by molar-refractivity contribution is 0.244. The summed E-state index contributed by atoms with van der Waals surface area (Å²) in [5.41, 5.74) is 1.01. The topological polar surface area (TPSA) is 21.3 Å². The first-order valence-corrected chi connectivity index (χ1v) is 5.87. The van der Waals surface area contributed by atoms with E-state index < -0.39 is 0 Å². The minimum atomic E-state index is 0.593. The van der Waals surface area contributed by atoms with Crippen LogP contribution < -0.4 is 5.32 Å². The van der Waals surface area contributed by atoms with Gasteiger partial charge in [0.1, 0.15) is 0 Å². The summed E-state index contributed by atoms with van der Waals surface area (Å²) in [6, 6.07) is 5.64. The van der Waals surface area contributed by atoms with Gasteiger partial charge in [0.05, 0.1) is 22.9 Å². The highest BCUT2D eigenvalue weighted by molar-refractivity contribution is 6.42. The Morgan fingerprint density at radius 1 is 1.38 bits per heavy atom. The van der Waals surface area contributed by atoms with Gasteiger partial charge >= 0.3 is 0 Å². The number of ether oxygens (including phenoxy) is 1. The number of nitrogens with one attached hydrogen (secondary N) is 1. The van der Waals surface area contributed by atoms with Gasteiger partial charge in [0.2, 0.25) is 0 Å². The van der Waals surface area contributed by atoms with Crippen LogP contribution in [0.3, 0.4) is 0 Å². The molecule has 0 aromatic heterocycles. The number of rotatable bonds is 7. The molecule has 0 saturated carbocycles. The van der Waals surface area contributed by atoms with Gasteiger partial charge in [0.15, 0.2) is 0 Å². The molecule has 0 bridgehead atoms. The third kappa shape index (κ3) is 4.44. The molecule has 0 aliphatic carbocycles. The molecule has 1 rings (SSSR count). The Morgan fingerprint density at radius 2 is 2.19 bits per heavy atom. The van der Waals surface area contributed by atoms with Crippen molar-refractivity contribution in [3.8, 4) is 0 Å². The van der Waals surface area contributed by atoms with E-state index in [-0.39, 0.29) is 0 Å². The molecule has 1 aromatic carbocycles. The van der Waals surface area contributed by atoms with E-state index in [4.69, 9.17) is 27.9 Å². The van der Waals surface area contributed by atoms with Crippen LogP contribution in [0.25, 0.3) is 0 Å². The summed E-state index contributed by atoms with van der Waals surface area (Å²) in [5.74, 6) is 0. The van der Waals surface area contributed by atoms with Crippen LogP contribution in [0, 0.1) is 0 Å². The molecule has 0 aliphatic heterocycles. The summed E-state index contributed by atoms with van der Waals surface area (Å²) >= 11 is 12.0. The van der Waals surface area contributed by atoms with Crippen LogP contribution in [-0.2, 0) is 11.3 Å². The van der Waals surface area contributed by atoms with Crippen LogP contribution in [0.4, 0.5) is 0 Å². The van der Waals surface area contributed by atoms with Crippen molar-refractivity contribution in [1.82, 2.24) is 5.32 Å². The van der Waals surface area contributed by atoms with Gasteiger partial charge in [-0.3, -0.25) is 0 Å². The van der Waals surface area contributed by atoms with E-state index in [9.17, 15) is 0 Å². The third-order valence-electron chi connectivity index (χ3n) is 2.08. The highest BCUT2D eigenvalue weighted by atomic mass is 35.5. The van der Waals surface area contributed by atoms with Crippen LogP contribution in [0.5, 0.6) is 0 Å². The summed E-state index contributed by atoms with van der Waals surface area (Å²) in [6.45, 7) is 5.74. The van der Waals surface area contributed by atoms with Gasteiger partial charge in [0.25, 0.3) is 0 Å². The normalized spacial score (nSPS) is 10.1. The van der Waals surface area contributed by atoms with E-state index in [2.05, 4.69) is 11.9 Å². The molecule has 2 nitrogen and oxygen atoms in total. The number of halogens is 2. The van der Waals surface area contributed by atoms with Crippen molar-refractivity contribution < 1.29 is 4.74 Å². The predicted molar refractivity (Wildman–Crippen MR) is 68.9 cm³/mol. The van der Waals surface area contributed by atoms with Crippen molar-refractivity contribution in [2.24, 2.45) is 0 Å². The molecule has 1 N–H and O–H groups in total. The molecule has 16 heavy (non-hydrogen) atoms. The molecule has 0 spiro atoms. The molecule has 0 fully saturated rings. The molecule has 0 amide bonds. The van der Waals surface area contributed by atoms with E-state index in [1.165, 1.54) is 6.26 Å². The maximum atomic E-state index is 6.05. The summed E-state index contributed by atoms with van der Waals surface area (Å²) in [5, 5.41) is 4.49. The number of benzene rings is 1. The van der Waals surface area contributed by atoms with Crippen LogP contribution in [-0.4, -0.2) is 13.2 Å². The second kappa shape index (κ2) is 7.55. The Hall–Kier alpha value is -0.700. The fraction of sp³-hybridized carbons (Fsp3) is 0.333. The van der Waals surface area contributed by atoms with E-state index in [0.717, 1.165) is 18.5 Å². The van der Waals surface area contributed by atoms with Gasteiger partial charge < -0.3 is 10.1 Å². The highest BCUT2D eigenvalue weighted by Gasteiger charge is 2.02. The maximum Gasteiger partial charge on any atom is 0.0885 e. The molecule has 0 saturated heterocycles. The largest absolute Gasteiger partial charge is 0.502 e. The molecule has 0 aliphatic rings. The van der Waals surface area contributed by atoms with Crippen LogP contribution in [0.1, 0.15) is 12.0 Å². The Balaban J connectivity index is 2.26. The monoisotopic (exact) mass is 259 g/mol. The predicted octanol–water partition coefficient (Wildman–Crippen LogP) is 3.63. The molecule has 88 valence electrons. The van der Waals surface area contributed by atoms with E-state index in [0.29, 0.717) is 23.2 Å². The average Bonchev–Trinajstić information content (AvgIpc) is 2.29. The van der Waals surface area contributed by atoms with Crippen molar-refractivity contribution in [1.29, 1.82) is 0 Å². The maximum absolute atomic E-state index is 6.05. The molecule has 0 heterocycles. The Labute approximate surface area is 106 Å². The minimum Gasteiger partial charge on any atom is -0.502 e. The number of hydrogen-bond donors (Lipinski definition) is 1. The zero-order valence-electron chi connectivity index (χ0n) is 9.01. The van der Waals surface area contributed by atoms with E-state index in [1.54, 1.807) is 6.07 Å². The smallest absolute Gasteiger partial charge is 0.0885 e. The standard InChI is InChI=1S/C12H15Cl2NO/c1-2-16-8-4-7-15-9-10-5-3-6-11(13)12(10)14/h2-3,5-6,15H,1,4,7-9H2. The van der Waals surface area contributed by atoms with Crippen molar-refractivity contribution >= 4 is 23.2 Å². The first kappa shape index (κ1) is 13.4. The summed E-state index contributed by atoms with van der Waals surface area (Å²) in [7, 11) is 0. The van der Waals surface area contributed by atoms with Crippen LogP contribution in [0.15, 0.2) is 31.0 Å². The fourth-order valence-electron chi connectivity index (χ4n) is 1.27. The van der Waals surface area contributed by atoms with Crippen molar-refractivity contribution in [3.63, 3.8) is 0 Å². The summed E-state index contributed by atoms with van der Waals surface area (Å²) in [4.78, 5) is 0. The van der Waals surface area contributed by atoms with Gasteiger partial charge in [-0.25, -0.2) is 0 Å². The lowest BCUT2D eigenvalue weighted by atomic mass is 10.2. The zero-order valence-corrected chi connectivity index (χ0v) is 10.5. The third-order valence-corrected chi connectivity index (χ3v) is 2.94. The van der Waals surface area contributed by atoms with Crippen LogP contribution >= 0.6 is 23.2 Å². The van der Waals surface area contributed by atoms with E-state index >= 15 is 0 Å². The Kier molecular flexibility index (Phi) is 6.31. The molecular weight excluding hydrogens is 245 g/mol. The molecule has 0 radical (unpaired) electrons. The Bertz CT molecular complexity index is 342. The number of hydrogen-bond acceptors (Lipinski definition) is 2. The highest BCUT2D eigenvalue weighted by Crippen LogP contribution is 2.25. The summed E-state index contributed by atoms with van der Waals surface area (Å²) < 4.78 is 5.01. The minimum absolute atomic E-state index is 0.593. The quantitative estimate of drug-likeness (QED) is 0.597. The van der Waals surface area contributed by atoms with Gasteiger partial charge in [-0.2, -0.15) is 0 Å². The van der Waals surface area contributed by atoms with Crippen molar-refractivity contribution in [2.75, 3.05) is 13.2 Å². The van der Waals surface area contributed by atoms with Crippen molar-refractivity contribution in [2.45, 2.75) is 13.0 Å². The zero-order chi connectivity index (χ0) is 11.8. The first-order valence-electron chi connectivity index (χ1n) is 5.12. The van der Waals surface area contributed by atoms with E-state index in [1.807, 2.05) is 12.1 Å². The fourth-order valence-corrected chi connectivity index (χ4v) is 1.66. The van der Waals surface area contributed by atoms with Gasteiger partial charge in [-0.05, 0) is 24.6 Å². The van der Waals surface area contributed by atoms with Crippen LogP contribution in [0.2, 0.25) is 10.0 Å². The molecular formula is C12H15Cl2NO. The second-order valence-electron chi connectivity index (χ2n) is 3.28. The first-order chi connectivity index (χ1) is 7.75. The molecule has 0 unspecified atom stereocenters. The SMILES string of the molecule is C=COCCCNCc1cccc(Cl)c1Cl.